The largest absolute Gasteiger partial charge is 0.379 e. The lowest BCUT2D eigenvalue weighted by atomic mass is 10.1. The van der Waals surface area contributed by atoms with Gasteiger partial charge in [-0.3, -0.25) is 9.69 Å². The zero-order valence-corrected chi connectivity index (χ0v) is 14.7. The second kappa shape index (κ2) is 7.72. The molecule has 1 aromatic heterocycles. The Labute approximate surface area is 153 Å². The smallest absolute Gasteiger partial charge is 0.268 e. The predicted octanol–water partition coefficient (Wildman–Crippen LogP) is 2.97. The molecule has 0 radical (unpaired) electrons. The minimum Gasteiger partial charge on any atom is -0.379 e. The van der Waals surface area contributed by atoms with Gasteiger partial charge in [-0.25, -0.2) is 0 Å². The Morgan fingerprint density at radius 2 is 1.81 bits per heavy atom. The van der Waals surface area contributed by atoms with Crippen LogP contribution in [-0.4, -0.2) is 48.6 Å². The highest BCUT2D eigenvalue weighted by Gasteiger charge is 2.21. The van der Waals surface area contributed by atoms with E-state index in [1.165, 1.54) is 0 Å². The van der Waals surface area contributed by atoms with Crippen molar-refractivity contribution in [3.63, 3.8) is 0 Å². The normalized spacial score (nSPS) is 16.5. The van der Waals surface area contributed by atoms with Crippen LogP contribution in [0.1, 0.15) is 22.1 Å². The molecular formula is C21H23N3O2. The molecule has 1 amide bonds. The molecule has 5 heteroatoms. The summed E-state index contributed by atoms with van der Waals surface area (Å²) in [5, 5.41) is 4.25. The van der Waals surface area contributed by atoms with Crippen LogP contribution < -0.4 is 5.32 Å². The Morgan fingerprint density at radius 1 is 1.08 bits per heavy atom. The maximum absolute atomic E-state index is 12.9. The Kier molecular flexibility index (Phi) is 5.00. The van der Waals surface area contributed by atoms with E-state index in [-0.39, 0.29) is 11.9 Å². The first-order valence-corrected chi connectivity index (χ1v) is 9.03. The number of carbonyl (C=O) groups excluding carboxylic acids is 1. The van der Waals surface area contributed by atoms with Gasteiger partial charge in [0.1, 0.15) is 5.69 Å². The number of morpholine rings is 1. The third kappa shape index (κ3) is 3.79. The number of benzene rings is 2. The van der Waals surface area contributed by atoms with Crippen LogP contribution in [0.2, 0.25) is 0 Å². The maximum atomic E-state index is 12.9. The SMILES string of the molecule is O=C(N[C@@H](CN1CCOCC1)c1ccccc1)c1cc2ccccc2[nH]1. The van der Waals surface area contributed by atoms with E-state index in [9.17, 15) is 4.79 Å². The summed E-state index contributed by atoms with van der Waals surface area (Å²) in [5.41, 5.74) is 2.68. The number of hydrogen-bond donors (Lipinski definition) is 2. The Bertz CT molecular complexity index is 836. The maximum Gasteiger partial charge on any atom is 0.268 e. The minimum atomic E-state index is -0.0803. The lowest BCUT2D eigenvalue weighted by Crippen LogP contribution is -2.43. The summed E-state index contributed by atoms with van der Waals surface area (Å²) in [6.07, 6.45) is 0. The molecule has 1 aliphatic rings. The summed E-state index contributed by atoms with van der Waals surface area (Å²) < 4.78 is 5.44. The number of carbonyl (C=O) groups is 1. The van der Waals surface area contributed by atoms with Gasteiger partial charge in [-0.15, -0.1) is 0 Å². The van der Waals surface area contributed by atoms with Crippen LogP contribution >= 0.6 is 0 Å². The van der Waals surface area contributed by atoms with Gasteiger partial charge in [-0.05, 0) is 17.7 Å². The van der Waals surface area contributed by atoms with E-state index < -0.39 is 0 Å². The topological polar surface area (TPSA) is 57.4 Å². The molecule has 0 spiro atoms. The number of nitrogens with one attached hydrogen (secondary N) is 2. The third-order valence-corrected chi connectivity index (χ3v) is 4.83. The molecule has 2 N–H and O–H groups in total. The highest BCUT2D eigenvalue weighted by molar-refractivity contribution is 5.98. The predicted molar refractivity (Wildman–Crippen MR) is 102 cm³/mol. The Hall–Kier alpha value is -2.63. The quantitative estimate of drug-likeness (QED) is 0.745. The van der Waals surface area contributed by atoms with Gasteiger partial charge in [-0.1, -0.05) is 48.5 Å². The van der Waals surface area contributed by atoms with E-state index in [0.717, 1.165) is 49.3 Å². The number of fused-ring (bicyclic) bond motifs is 1. The molecule has 1 fully saturated rings. The summed E-state index contributed by atoms with van der Waals surface area (Å²) >= 11 is 0. The van der Waals surface area contributed by atoms with E-state index >= 15 is 0 Å². The number of H-pyrrole nitrogens is 1. The monoisotopic (exact) mass is 349 g/mol. The van der Waals surface area contributed by atoms with Gasteiger partial charge in [0, 0.05) is 30.5 Å². The van der Waals surface area contributed by atoms with Crippen molar-refractivity contribution < 1.29 is 9.53 Å². The second-order valence-electron chi connectivity index (χ2n) is 6.62. The van der Waals surface area contributed by atoms with E-state index in [0.29, 0.717) is 5.69 Å². The Morgan fingerprint density at radius 3 is 2.58 bits per heavy atom. The number of aromatic nitrogens is 1. The molecule has 5 nitrogen and oxygen atoms in total. The van der Waals surface area contributed by atoms with Crippen LogP contribution in [0, 0.1) is 0 Å². The molecule has 4 rings (SSSR count). The molecule has 0 bridgehead atoms. The Balaban J connectivity index is 1.54. The van der Waals surface area contributed by atoms with Crippen molar-refractivity contribution in [2.45, 2.75) is 6.04 Å². The summed E-state index contributed by atoms with van der Waals surface area (Å²) in [4.78, 5) is 18.4. The van der Waals surface area contributed by atoms with Gasteiger partial charge in [0.15, 0.2) is 0 Å². The molecular weight excluding hydrogens is 326 g/mol. The average Bonchev–Trinajstić information content (AvgIpc) is 3.13. The first-order chi connectivity index (χ1) is 12.8. The summed E-state index contributed by atoms with van der Waals surface area (Å²) in [5.74, 6) is -0.0803. The summed E-state index contributed by atoms with van der Waals surface area (Å²) in [6.45, 7) is 4.06. The third-order valence-electron chi connectivity index (χ3n) is 4.83. The number of nitrogens with zero attached hydrogens (tertiary/aromatic N) is 1. The number of para-hydroxylation sites is 1. The van der Waals surface area contributed by atoms with Crippen LogP contribution in [0.5, 0.6) is 0 Å². The van der Waals surface area contributed by atoms with Crippen molar-refractivity contribution in [2.24, 2.45) is 0 Å². The molecule has 1 aliphatic heterocycles. The molecule has 1 atom stereocenters. The van der Waals surface area contributed by atoms with E-state index in [1.54, 1.807) is 0 Å². The number of aromatic amines is 1. The first kappa shape index (κ1) is 16.8. The number of ether oxygens (including phenoxy) is 1. The molecule has 2 aromatic carbocycles. The minimum absolute atomic E-state index is 0.0618. The summed E-state index contributed by atoms with van der Waals surface area (Å²) in [7, 11) is 0. The van der Waals surface area contributed by atoms with E-state index in [1.807, 2.05) is 48.5 Å². The highest BCUT2D eigenvalue weighted by atomic mass is 16.5. The lowest BCUT2D eigenvalue weighted by molar-refractivity contribution is 0.0332. The molecule has 26 heavy (non-hydrogen) atoms. The number of amides is 1. The van der Waals surface area contributed by atoms with Crippen molar-refractivity contribution in [3.05, 3.63) is 71.9 Å². The van der Waals surface area contributed by atoms with Gasteiger partial charge in [0.05, 0.1) is 19.3 Å². The second-order valence-corrected chi connectivity index (χ2v) is 6.62. The fourth-order valence-electron chi connectivity index (χ4n) is 3.39. The standard InChI is InChI=1S/C21H23N3O2/c25-21(19-14-17-8-4-5-9-18(17)22-19)23-20(16-6-2-1-3-7-16)15-24-10-12-26-13-11-24/h1-9,14,20,22H,10-13,15H2,(H,23,25)/t20-/m0/s1. The molecule has 0 aliphatic carbocycles. The van der Waals surface area contributed by atoms with Crippen molar-refractivity contribution in [1.82, 2.24) is 15.2 Å². The lowest BCUT2D eigenvalue weighted by Gasteiger charge is -2.31. The molecule has 0 unspecified atom stereocenters. The fourth-order valence-corrected chi connectivity index (χ4v) is 3.39. The molecule has 1 saturated heterocycles. The van der Waals surface area contributed by atoms with Gasteiger partial charge in [0.25, 0.3) is 5.91 Å². The van der Waals surface area contributed by atoms with Crippen LogP contribution in [-0.2, 0) is 4.74 Å². The molecule has 3 aromatic rings. The van der Waals surface area contributed by atoms with Crippen molar-refractivity contribution in [2.75, 3.05) is 32.8 Å². The molecule has 2 heterocycles. The van der Waals surface area contributed by atoms with E-state index in [4.69, 9.17) is 4.74 Å². The number of hydrogen-bond acceptors (Lipinski definition) is 3. The first-order valence-electron chi connectivity index (χ1n) is 9.03. The van der Waals surface area contributed by atoms with Gasteiger partial charge in [0.2, 0.25) is 0 Å². The average molecular weight is 349 g/mol. The number of rotatable bonds is 5. The highest BCUT2D eigenvalue weighted by Crippen LogP contribution is 2.18. The summed E-state index contributed by atoms with van der Waals surface area (Å²) in [6, 6.07) is 19.9. The van der Waals surface area contributed by atoms with Crippen molar-refractivity contribution in [1.29, 1.82) is 0 Å². The van der Waals surface area contributed by atoms with E-state index in [2.05, 4.69) is 27.3 Å². The van der Waals surface area contributed by atoms with Crippen LogP contribution in [0.4, 0.5) is 0 Å². The van der Waals surface area contributed by atoms with Crippen LogP contribution in [0.15, 0.2) is 60.7 Å². The zero-order chi connectivity index (χ0) is 17.8. The van der Waals surface area contributed by atoms with Crippen molar-refractivity contribution in [3.8, 4) is 0 Å². The van der Waals surface area contributed by atoms with Gasteiger partial charge in [-0.2, -0.15) is 0 Å². The molecule has 134 valence electrons. The molecule has 0 saturated carbocycles. The van der Waals surface area contributed by atoms with Crippen LogP contribution in [0.25, 0.3) is 10.9 Å². The fraction of sp³-hybridized carbons (Fsp3) is 0.286. The van der Waals surface area contributed by atoms with Crippen LogP contribution in [0.3, 0.4) is 0 Å². The van der Waals surface area contributed by atoms with Gasteiger partial charge < -0.3 is 15.0 Å². The zero-order valence-electron chi connectivity index (χ0n) is 14.7. The van der Waals surface area contributed by atoms with Crippen molar-refractivity contribution >= 4 is 16.8 Å². The van der Waals surface area contributed by atoms with Gasteiger partial charge >= 0.3 is 0 Å².